The van der Waals surface area contributed by atoms with E-state index in [1.165, 1.54) is 0 Å². The Balaban J connectivity index is 2.49. The van der Waals surface area contributed by atoms with E-state index in [1.807, 2.05) is 13.0 Å². The number of carbonyl (C=O) groups is 3. The normalized spacial score (nSPS) is 19.2. The molecule has 0 bridgehead atoms. The summed E-state index contributed by atoms with van der Waals surface area (Å²) in [5.74, 6) is -1.99. The Morgan fingerprint density at radius 3 is 2.52 bits per heavy atom. The number of benzene rings is 1. The first-order valence-electron chi connectivity index (χ1n) is 6.84. The molecule has 0 saturated carbocycles. The molecule has 1 fully saturated rings. The number of carbonyl (C=O) groups excluding carboxylic acids is 3. The molecule has 2 rings (SSSR count). The summed E-state index contributed by atoms with van der Waals surface area (Å²) in [6, 6.07) is 4.68. The smallest absolute Gasteiger partial charge is 0.277 e. The third-order valence-electron chi connectivity index (χ3n) is 3.53. The van der Waals surface area contributed by atoms with Gasteiger partial charge in [-0.3, -0.25) is 14.9 Å². The summed E-state index contributed by atoms with van der Waals surface area (Å²) in [4.78, 5) is 37.6. The molecule has 1 saturated heterocycles. The van der Waals surface area contributed by atoms with Gasteiger partial charge in [0.2, 0.25) is 11.8 Å². The number of rotatable bonds is 3. The molecule has 5 nitrogen and oxygen atoms in total. The van der Waals surface area contributed by atoms with E-state index in [9.17, 15) is 14.4 Å². The summed E-state index contributed by atoms with van der Waals surface area (Å²) in [5, 5.41) is 2.27. The quantitative estimate of drug-likeness (QED) is 0.850. The third-order valence-corrected chi connectivity index (χ3v) is 4.03. The summed E-state index contributed by atoms with van der Waals surface area (Å²) >= 11 is 3.38. The summed E-state index contributed by atoms with van der Waals surface area (Å²) in [7, 11) is 0. The zero-order chi connectivity index (χ0) is 15.7. The van der Waals surface area contributed by atoms with Gasteiger partial charge in [-0.2, -0.15) is 0 Å². The highest BCUT2D eigenvalue weighted by atomic mass is 79.9. The molecular weight excluding hydrogens is 336 g/mol. The van der Waals surface area contributed by atoms with Crippen molar-refractivity contribution in [3.63, 3.8) is 0 Å². The van der Waals surface area contributed by atoms with Gasteiger partial charge in [0.05, 0.1) is 5.69 Å². The first kappa shape index (κ1) is 15.7. The largest absolute Gasteiger partial charge is 0.335 e. The highest BCUT2D eigenvalue weighted by molar-refractivity contribution is 9.10. The van der Waals surface area contributed by atoms with E-state index >= 15 is 0 Å². The second-order valence-electron chi connectivity index (χ2n) is 5.32. The van der Waals surface area contributed by atoms with Gasteiger partial charge >= 0.3 is 6.03 Å². The zero-order valence-electron chi connectivity index (χ0n) is 12.1. The van der Waals surface area contributed by atoms with Crippen molar-refractivity contribution in [2.75, 3.05) is 4.90 Å². The molecule has 1 unspecified atom stereocenters. The minimum atomic E-state index is -0.837. The number of nitrogens with one attached hydrogen (secondary N) is 1. The van der Waals surface area contributed by atoms with Crippen molar-refractivity contribution in [3.8, 4) is 0 Å². The van der Waals surface area contributed by atoms with E-state index in [0.29, 0.717) is 12.1 Å². The minimum Gasteiger partial charge on any atom is -0.277 e. The molecule has 0 spiro atoms. The summed E-state index contributed by atoms with van der Waals surface area (Å²) in [5.41, 5.74) is 1.39. The summed E-state index contributed by atoms with van der Waals surface area (Å²) < 4.78 is 0.879. The number of urea groups is 1. The molecule has 1 aromatic rings. The second-order valence-corrected chi connectivity index (χ2v) is 6.23. The van der Waals surface area contributed by atoms with Crippen molar-refractivity contribution in [3.05, 3.63) is 28.2 Å². The Morgan fingerprint density at radius 1 is 1.29 bits per heavy atom. The fraction of sp³-hybridized carbons (Fsp3) is 0.400. The van der Waals surface area contributed by atoms with Crippen LogP contribution in [0.3, 0.4) is 0 Å². The van der Waals surface area contributed by atoms with Crippen LogP contribution in [0.1, 0.15) is 26.3 Å². The van der Waals surface area contributed by atoms with Gasteiger partial charge < -0.3 is 0 Å². The third kappa shape index (κ3) is 2.85. The lowest BCUT2D eigenvalue weighted by molar-refractivity contribution is -0.136. The molecule has 112 valence electrons. The van der Waals surface area contributed by atoms with Gasteiger partial charge in [-0.05, 0) is 36.1 Å². The van der Waals surface area contributed by atoms with Gasteiger partial charge in [0, 0.05) is 4.47 Å². The number of halogens is 1. The fourth-order valence-electron chi connectivity index (χ4n) is 2.46. The van der Waals surface area contributed by atoms with Crippen molar-refractivity contribution < 1.29 is 14.4 Å². The topological polar surface area (TPSA) is 66.5 Å². The lowest BCUT2D eigenvalue weighted by Gasteiger charge is -2.32. The highest BCUT2D eigenvalue weighted by Crippen LogP contribution is 2.29. The molecule has 1 aromatic carbocycles. The number of nitrogens with zero attached hydrogens (tertiary/aromatic N) is 1. The monoisotopic (exact) mass is 352 g/mol. The summed E-state index contributed by atoms with van der Waals surface area (Å²) in [6.45, 7) is 5.53. The van der Waals surface area contributed by atoms with Crippen LogP contribution in [-0.2, 0) is 16.0 Å². The fourth-order valence-corrected chi connectivity index (χ4v) is 2.87. The molecule has 0 aliphatic carbocycles. The Bertz CT molecular complexity index is 613. The lowest BCUT2D eigenvalue weighted by Crippen LogP contribution is -2.59. The number of aryl methyl sites for hydroxylation is 1. The van der Waals surface area contributed by atoms with Crippen LogP contribution >= 0.6 is 15.9 Å². The number of amides is 4. The van der Waals surface area contributed by atoms with Gasteiger partial charge in [-0.1, -0.05) is 36.7 Å². The molecule has 1 atom stereocenters. The van der Waals surface area contributed by atoms with Crippen molar-refractivity contribution in [1.29, 1.82) is 0 Å². The molecule has 6 heteroatoms. The maximum atomic E-state index is 12.6. The van der Waals surface area contributed by atoms with E-state index in [4.69, 9.17) is 0 Å². The average Bonchev–Trinajstić information content (AvgIpc) is 2.39. The van der Waals surface area contributed by atoms with Gasteiger partial charge in [0.25, 0.3) is 0 Å². The van der Waals surface area contributed by atoms with Gasteiger partial charge in [-0.15, -0.1) is 0 Å². The van der Waals surface area contributed by atoms with Crippen LogP contribution in [0, 0.1) is 11.8 Å². The first-order valence-corrected chi connectivity index (χ1v) is 7.63. The molecular formula is C15H17BrN2O3. The van der Waals surface area contributed by atoms with Crippen LogP contribution in [-0.4, -0.2) is 17.8 Å². The molecule has 4 amide bonds. The maximum Gasteiger partial charge on any atom is 0.335 e. The Kier molecular flexibility index (Phi) is 4.46. The number of hydrogen-bond donors (Lipinski definition) is 1. The van der Waals surface area contributed by atoms with Crippen LogP contribution < -0.4 is 10.2 Å². The van der Waals surface area contributed by atoms with Crippen molar-refractivity contribution in [1.82, 2.24) is 5.32 Å². The van der Waals surface area contributed by atoms with Crippen molar-refractivity contribution in [2.45, 2.75) is 27.2 Å². The van der Waals surface area contributed by atoms with Crippen LogP contribution in [0.2, 0.25) is 0 Å². The Hall–Kier alpha value is -1.69. The molecule has 0 radical (unpaired) electrons. The molecule has 1 N–H and O–H groups in total. The summed E-state index contributed by atoms with van der Waals surface area (Å²) in [6.07, 6.45) is 0.673. The first-order chi connectivity index (χ1) is 9.86. The number of imide groups is 2. The predicted molar refractivity (Wildman–Crippen MR) is 82.9 cm³/mol. The SMILES string of the molecule is CCc1cc(Br)ccc1N1C(=O)NC(=O)C(C(C)C)C1=O. The van der Waals surface area contributed by atoms with Crippen LogP contribution in [0.15, 0.2) is 22.7 Å². The van der Waals surface area contributed by atoms with Gasteiger partial charge in [0.15, 0.2) is 0 Å². The van der Waals surface area contributed by atoms with E-state index < -0.39 is 23.8 Å². The molecule has 1 aliphatic heterocycles. The number of barbiturate groups is 1. The van der Waals surface area contributed by atoms with E-state index in [2.05, 4.69) is 21.2 Å². The van der Waals surface area contributed by atoms with Crippen LogP contribution in [0.25, 0.3) is 0 Å². The molecule has 1 aliphatic rings. The van der Waals surface area contributed by atoms with Crippen molar-refractivity contribution >= 4 is 39.5 Å². The highest BCUT2D eigenvalue weighted by Gasteiger charge is 2.43. The van der Waals surface area contributed by atoms with E-state index in [0.717, 1.165) is 14.9 Å². The molecule has 0 aromatic heterocycles. The standard InChI is InChI=1S/C15H17BrN2O3/c1-4-9-7-10(16)5-6-11(9)18-14(20)12(8(2)3)13(19)17-15(18)21/h5-8,12H,4H2,1-3H3,(H,17,19,21). The second kappa shape index (κ2) is 5.97. The molecule has 21 heavy (non-hydrogen) atoms. The lowest BCUT2D eigenvalue weighted by atomic mass is 9.91. The molecule has 1 heterocycles. The zero-order valence-corrected chi connectivity index (χ0v) is 13.7. The predicted octanol–water partition coefficient (Wildman–Crippen LogP) is 2.87. The number of hydrogen-bond acceptors (Lipinski definition) is 3. The maximum absolute atomic E-state index is 12.6. The number of anilines is 1. The van der Waals surface area contributed by atoms with Crippen LogP contribution in [0.5, 0.6) is 0 Å². The Morgan fingerprint density at radius 2 is 1.95 bits per heavy atom. The van der Waals surface area contributed by atoms with Crippen molar-refractivity contribution in [2.24, 2.45) is 11.8 Å². The van der Waals surface area contributed by atoms with E-state index in [-0.39, 0.29) is 5.92 Å². The average molecular weight is 353 g/mol. The van der Waals surface area contributed by atoms with Gasteiger partial charge in [0.1, 0.15) is 5.92 Å². The Labute approximate surface area is 131 Å². The minimum absolute atomic E-state index is 0.173. The van der Waals surface area contributed by atoms with Crippen LogP contribution in [0.4, 0.5) is 10.5 Å². The van der Waals surface area contributed by atoms with E-state index in [1.54, 1.807) is 26.0 Å². The van der Waals surface area contributed by atoms with Gasteiger partial charge in [-0.25, -0.2) is 9.69 Å².